The van der Waals surface area contributed by atoms with Crippen molar-refractivity contribution in [3.8, 4) is 0 Å². The van der Waals surface area contributed by atoms with E-state index in [9.17, 15) is 36.5 Å². The molecule has 0 aliphatic carbocycles. The first kappa shape index (κ1) is 23.7. The lowest BCUT2D eigenvalue weighted by Gasteiger charge is -2.12. The lowest BCUT2D eigenvalue weighted by molar-refractivity contribution is -0.385. The van der Waals surface area contributed by atoms with E-state index in [1.54, 1.807) is 6.07 Å². The van der Waals surface area contributed by atoms with Crippen molar-refractivity contribution in [2.75, 3.05) is 10.0 Å². The summed E-state index contributed by atoms with van der Waals surface area (Å²) < 4.78 is 65.5. The normalized spacial score (nSPS) is 11.6. The largest absolute Gasteiger partial charge is 0.416 e. The molecule has 0 fully saturated rings. The summed E-state index contributed by atoms with van der Waals surface area (Å²) in [6.07, 6.45) is -4.89. The van der Waals surface area contributed by atoms with Gasteiger partial charge in [-0.3, -0.25) is 19.6 Å². The number of carbonyl (C=O) groups is 1. The molecule has 0 aliphatic rings. The number of hydrogen-bond donors (Lipinski definition) is 2. The van der Waals surface area contributed by atoms with Gasteiger partial charge in [0.2, 0.25) is 5.91 Å². The van der Waals surface area contributed by atoms with Crippen LogP contribution in [0, 0.1) is 10.1 Å². The van der Waals surface area contributed by atoms with E-state index in [0.717, 1.165) is 24.3 Å². The van der Waals surface area contributed by atoms with E-state index < -0.39 is 32.6 Å². The van der Waals surface area contributed by atoms with Gasteiger partial charge in [0, 0.05) is 23.0 Å². The van der Waals surface area contributed by atoms with Crippen molar-refractivity contribution < 1.29 is 31.3 Å². The van der Waals surface area contributed by atoms with Crippen LogP contribution in [-0.2, 0) is 27.4 Å². The molecule has 1 amide bonds. The molecular weight excluding hydrogens is 463 g/mol. The zero-order chi connectivity index (χ0) is 24.2. The van der Waals surface area contributed by atoms with E-state index in [1.807, 2.05) is 0 Å². The monoisotopic (exact) mass is 479 g/mol. The number of rotatable bonds is 7. The smallest absolute Gasteiger partial charge is 0.326 e. The van der Waals surface area contributed by atoms with Crippen LogP contribution < -0.4 is 10.0 Å². The molecule has 3 aromatic carbocycles. The number of nitrogens with one attached hydrogen (secondary N) is 2. The second-order valence-corrected chi connectivity index (χ2v) is 8.50. The third kappa shape index (κ3) is 6.07. The van der Waals surface area contributed by atoms with Crippen LogP contribution in [0.1, 0.15) is 11.1 Å². The summed E-state index contributed by atoms with van der Waals surface area (Å²) in [7, 11) is -4.19. The minimum Gasteiger partial charge on any atom is -0.326 e. The predicted octanol–water partition coefficient (Wildman–Crippen LogP) is 4.60. The van der Waals surface area contributed by atoms with Gasteiger partial charge in [-0.25, -0.2) is 8.42 Å². The van der Waals surface area contributed by atoms with Gasteiger partial charge in [-0.15, -0.1) is 0 Å². The molecule has 0 unspecified atom stereocenters. The zero-order valence-electron chi connectivity index (χ0n) is 16.7. The molecule has 2 N–H and O–H groups in total. The van der Waals surface area contributed by atoms with E-state index in [-0.39, 0.29) is 33.9 Å². The van der Waals surface area contributed by atoms with E-state index in [0.29, 0.717) is 6.07 Å². The maximum Gasteiger partial charge on any atom is 0.416 e. The minimum atomic E-state index is -4.62. The number of nitro groups is 1. The van der Waals surface area contributed by atoms with E-state index >= 15 is 0 Å². The maximum atomic E-state index is 12.8. The molecule has 0 aromatic heterocycles. The number of benzene rings is 3. The highest BCUT2D eigenvalue weighted by atomic mass is 32.2. The summed E-state index contributed by atoms with van der Waals surface area (Å²) in [6.45, 7) is 0. The molecular formula is C21H16F3N3O5S. The van der Waals surface area contributed by atoms with Gasteiger partial charge in [0.15, 0.2) is 0 Å². The number of halogens is 3. The van der Waals surface area contributed by atoms with E-state index in [4.69, 9.17) is 0 Å². The van der Waals surface area contributed by atoms with Crippen molar-refractivity contribution in [3.05, 3.63) is 94.0 Å². The van der Waals surface area contributed by atoms with Crippen LogP contribution in [0.3, 0.4) is 0 Å². The molecule has 12 heteroatoms. The van der Waals surface area contributed by atoms with Gasteiger partial charge in [-0.1, -0.05) is 24.3 Å². The summed E-state index contributed by atoms with van der Waals surface area (Å²) in [5.41, 5.74) is -1.01. The number of nitro benzene ring substituents is 1. The van der Waals surface area contributed by atoms with Crippen molar-refractivity contribution in [3.63, 3.8) is 0 Å². The Balaban J connectivity index is 1.70. The fraction of sp³-hybridized carbons (Fsp3) is 0.0952. The molecule has 0 heterocycles. The number of hydrogen-bond acceptors (Lipinski definition) is 5. The van der Waals surface area contributed by atoms with Crippen LogP contribution in [0.4, 0.5) is 30.2 Å². The Morgan fingerprint density at radius 3 is 2.24 bits per heavy atom. The number of alkyl halides is 3. The van der Waals surface area contributed by atoms with Gasteiger partial charge in [0.05, 0.1) is 21.8 Å². The van der Waals surface area contributed by atoms with Gasteiger partial charge in [-0.2, -0.15) is 13.2 Å². The molecule has 0 aliphatic heterocycles. The van der Waals surface area contributed by atoms with Gasteiger partial charge >= 0.3 is 6.18 Å². The molecule has 0 saturated carbocycles. The van der Waals surface area contributed by atoms with Crippen molar-refractivity contribution in [1.82, 2.24) is 0 Å². The van der Waals surface area contributed by atoms with E-state index in [1.165, 1.54) is 36.4 Å². The van der Waals surface area contributed by atoms with Crippen LogP contribution in [0.2, 0.25) is 0 Å². The molecule has 0 radical (unpaired) electrons. The lowest BCUT2D eigenvalue weighted by atomic mass is 10.1. The summed E-state index contributed by atoms with van der Waals surface area (Å²) in [6, 6.07) is 14.4. The molecule has 33 heavy (non-hydrogen) atoms. The van der Waals surface area contributed by atoms with Gasteiger partial charge < -0.3 is 5.32 Å². The standard InChI is InChI=1S/C21H16F3N3O5S/c22-21(23,24)15-5-3-6-17(13-15)26-33(31,32)18-10-8-16(9-11-18)25-20(28)12-14-4-1-2-7-19(14)27(29)30/h1-11,13,26H,12H2,(H,25,28). The molecule has 0 saturated heterocycles. The Morgan fingerprint density at radius 1 is 0.939 bits per heavy atom. The van der Waals surface area contributed by atoms with Crippen molar-refractivity contribution in [2.45, 2.75) is 17.5 Å². The number of nitrogens with zero attached hydrogens (tertiary/aromatic N) is 1. The summed E-state index contributed by atoms with van der Waals surface area (Å²) >= 11 is 0. The highest BCUT2D eigenvalue weighted by molar-refractivity contribution is 7.92. The maximum absolute atomic E-state index is 12.8. The Bertz CT molecular complexity index is 1290. The molecule has 0 spiro atoms. The fourth-order valence-corrected chi connectivity index (χ4v) is 3.96. The highest BCUT2D eigenvalue weighted by Crippen LogP contribution is 2.31. The van der Waals surface area contributed by atoms with Crippen LogP contribution in [-0.4, -0.2) is 19.2 Å². The number of sulfonamides is 1. The predicted molar refractivity (Wildman–Crippen MR) is 114 cm³/mol. The molecule has 3 aromatic rings. The lowest BCUT2D eigenvalue weighted by Crippen LogP contribution is -2.16. The fourth-order valence-electron chi connectivity index (χ4n) is 2.91. The first-order valence-corrected chi connectivity index (χ1v) is 10.8. The van der Waals surface area contributed by atoms with Crippen LogP contribution >= 0.6 is 0 Å². The molecule has 0 bridgehead atoms. The van der Waals surface area contributed by atoms with Crippen molar-refractivity contribution in [1.29, 1.82) is 0 Å². The average Bonchev–Trinajstić information content (AvgIpc) is 2.73. The number of amides is 1. The third-order valence-corrected chi connectivity index (χ3v) is 5.83. The number of anilines is 2. The van der Waals surface area contributed by atoms with Gasteiger partial charge in [0.25, 0.3) is 15.7 Å². The molecule has 8 nitrogen and oxygen atoms in total. The first-order chi connectivity index (χ1) is 15.5. The first-order valence-electron chi connectivity index (χ1n) is 9.28. The molecule has 3 rings (SSSR count). The third-order valence-electron chi connectivity index (χ3n) is 4.43. The zero-order valence-corrected chi connectivity index (χ0v) is 17.5. The van der Waals surface area contributed by atoms with E-state index in [2.05, 4.69) is 10.0 Å². The Labute approximate surface area is 186 Å². The quantitative estimate of drug-likeness (QED) is 0.379. The molecule has 0 atom stereocenters. The Morgan fingerprint density at radius 2 is 1.61 bits per heavy atom. The Kier molecular flexibility index (Phi) is 6.68. The van der Waals surface area contributed by atoms with Gasteiger partial charge in [0.1, 0.15) is 0 Å². The van der Waals surface area contributed by atoms with Crippen molar-refractivity contribution in [2.24, 2.45) is 0 Å². The van der Waals surface area contributed by atoms with Gasteiger partial charge in [-0.05, 0) is 42.5 Å². The highest BCUT2D eigenvalue weighted by Gasteiger charge is 2.30. The topological polar surface area (TPSA) is 118 Å². The minimum absolute atomic E-state index is 0.199. The summed E-state index contributed by atoms with van der Waals surface area (Å²) in [4.78, 5) is 22.4. The Hall–Kier alpha value is -3.93. The number of carbonyl (C=O) groups excluding carboxylic acids is 1. The summed E-state index contributed by atoms with van der Waals surface area (Å²) in [5.74, 6) is -0.554. The van der Waals surface area contributed by atoms with Crippen LogP contribution in [0.5, 0.6) is 0 Å². The SMILES string of the molecule is O=C(Cc1ccccc1[N+](=O)[O-])Nc1ccc(S(=O)(=O)Nc2cccc(C(F)(F)F)c2)cc1. The second kappa shape index (κ2) is 9.28. The molecule has 172 valence electrons. The average molecular weight is 479 g/mol. The summed E-state index contributed by atoms with van der Waals surface area (Å²) in [5, 5.41) is 13.6. The van der Waals surface area contributed by atoms with Crippen molar-refractivity contribution >= 4 is 33.0 Å². The second-order valence-electron chi connectivity index (χ2n) is 6.82. The van der Waals surface area contributed by atoms with Crippen LogP contribution in [0.25, 0.3) is 0 Å². The van der Waals surface area contributed by atoms with Crippen LogP contribution in [0.15, 0.2) is 77.7 Å². The number of para-hydroxylation sites is 1.